The van der Waals surface area contributed by atoms with E-state index in [2.05, 4.69) is 17.0 Å². The molecule has 0 saturated carbocycles. The monoisotopic (exact) mass is 252 g/mol. The van der Waals surface area contributed by atoms with Gasteiger partial charge in [-0.15, -0.1) is 0 Å². The van der Waals surface area contributed by atoms with Gasteiger partial charge in [0.1, 0.15) is 0 Å². The third kappa shape index (κ3) is 4.60. The molecule has 0 amide bonds. The van der Waals surface area contributed by atoms with Gasteiger partial charge in [0, 0.05) is 37.9 Å². The Morgan fingerprint density at radius 3 is 2.89 bits per heavy atom. The van der Waals surface area contributed by atoms with Crippen molar-refractivity contribution < 1.29 is 4.74 Å². The van der Waals surface area contributed by atoms with Gasteiger partial charge >= 0.3 is 0 Å². The first-order chi connectivity index (χ1) is 8.54. The van der Waals surface area contributed by atoms with Gasteiger partial charge in [-0.1, -0.05) is 12.2 Å². The third-order valence-electron chi connectivity index (χ3n) is 2.65. The average Bonchev–Trinajstić information content (AvgIpc) is 2.62. The molecule has 0 radical (unpaired) electrons. The largest absolute Gasteiger partial charge is 0.376 e. The number of hydrogen-bond acceptors (Lipinski definition) is 4. The van der Waals surface area contributed by atoms with Crippen LogP contribution in [0.1, 0.15) is 24.2 Å². The summed E-state index contributed by atoms with van der Waals surface area (Å²) < 4.78 is 7.25. The van der Waals surface area contributed by atoms with E-state index in [-0.39, 0.29) is 6.04 Å². The molecule has 5 nitrogen and oxygen atoms in total. The summed E-state index contributed by atoms with van der Waals surface area (Å²) in [6.45, 7) is 10.3. The molecule has 1 rings (SSSR count). The zero-order valence-electron chi connectivity index (χ0n) is 11.6. The molecule has 0 aliphatic heterocycles. The second-order valence-electron chi connectivity index (χ2n) is 4.60. The maximum atomic E-state index is 5.79. The molecule has 1 aromatic rings. The minimum absolute atomic E-state index is 0.132. The number of nitrogens with one attached hydrogen (secondary N) is 1. The molecule has 1 atom stereocenters. The Bertz CT molecular complexity index is 386. The van der Waals surface area contributed by atoms with Crippen LogP contribution in [0.5, 0.6) is 0 Å². The Labute approximate surface area is 109 Å². The van der Waals surface area contributed by atoms with Crippen LogP contribution in [0.2, 0.25) is 0 Å². The van der Waals surface area contributed by atoms with E-state index in [0.29, 0.717) is 19.8 Å². The van der Waals surface area contributed by atoms with Crippen molar-refractivity contribution in [2.45, 2.75) is 19.9 Å². The minimum atomic E-state index is 0.132. The molecular weight excluding hydrogens is 228 g/mol. The molecule has 0 bridgehead atoms. The SMILES string of the molecule is C=C(C)COCCNC(CN)c1cn(C)nc1C. The van der Waals surface area contributed by atoms with Crippen molar-refractivity contribution in [2.75, 3.05) is 26.3 Å². The van der Waals surface area contributed by atoms with Gasteiger partial charge in [0.2, 0.25) is 0 Å². The Hall–Kier alpha value is -1.17. The summed E-state index contributed by atoms with van der Waals surface area (Å²) in [5, 5.41) is 7.71. The van der Waals surface area contributed by atoms with Crippen molar-refractivity contribution >= 4 is 0 Å². The lowest BCUT2D eigenvalue weighted by Gasteiger charge is -2.16. The number of aromatic nitrogens is 2. The Kier molecular flexibility index (Phi) is 6.04. The summed E-state index contributed by atoms with van der Waals surface area (Å²) in [6.07, 6.45) is 2.01. The summed E-state index contributed by atoms with van der Waals surface area (Å²) in [5.74, 6) is 0. The molecule has 0 aliphatic rings. The lowest BCUT2D eigenvalue weighted by molar-refractivity contribution is 0.155. The molecule has 0 saturated heterocycles. The van der Waals surface area contributed by atoms with Gasteiger partial charge in [0.25, 0.3) is 0 Å². The fraction of sp³-hybridized carbons (Fsp3) is 0.615. The maximum Gasteiger partial charge on any atom is 0.0672 e. The highest BCUT2D eigenvalue weighted by atomic mass is 16.5. The molecule has 0 spiro atoms. The van der Waals surface area contributed by atoms with Gasteiger partial charge in [0.15, 0.2) is 0 Å². The van der Waals surface area contributed by atoms with Crippen molar-refractivity contribution in [2.24, 2.45) is 12.8 Å². The van der Waals surface area contributed by atoms with E-state index in [1.165, 1.54) is 0 Å². The predicted octanol–water partition coefficient (Wildman–Crippen LogP) is 0.911. The zero-order valence-corrected chi connectivity index (χ0v) is 11.6. The summed E-state index contributed by atoms with van der Waals surface area (Å²) in [6, 6.07) is 0.132. The zero-order chi connectivity index (χ0) is 13.5. The second-order valence-corrected chi connectivity index (χ2v) is 4.60. The maximum absolute atomic E-state index is 5.79. The molecular formula is C13H24N4O. The summed E-state index contributed by atoms with van der Waals surface area (Å²) in [4.78, 5) is 0. The first-order valence-electron chi connectivity index (χ1n) is 6.20. The van der Waals surface area contributed by atoms with Crippen molar-refractivity contribution in [3.05, 3.63) is 29.6 Å². The van der Waals surface area contributed by atoms with Gasteiger partial charge in [-0.2, -0.15) is 5.10 Å². The van der Waals surface area contributed by atoms with E-state index >= 15 is 0 Å². The average molecular weight is 252 g/mol. The fourth-order valence-electron chi connectivity index (χ4n) is 1.83. The van der Waals surface area contributed by atoms with Crippen LogP contribution >= 0.6 is 0 Å². The van der Waals surface area contributed by atoms with Crippen LogP contribution < -0.4 is 11.1 Å². The lowest BCUT2D eigenvalue weighted by Crippen LogP contribution is -2.31. The predicted molar refractivity (Wildman–Crippen MR) is 73.4 cm³/mol. The Morgan fingerprint density at radius 2 is 2.39 bits per heavy atom. The first-order valence-corrected chi connectivity index (χ1v) is 6.20. The van der Waals surface area contributed by atoms with Crippen LogP contribution in [0, 0.1) is 6.92 Å². The van der Waals surface area contributed by atoms with E-state index in [0.717, 1.165) is 23.4 Å². The van der Waals surface area contributed by atoms with E-state index in [4.69, 9.17) is 10.5 Å². The first kappa shape index (κ1) is 14.9. The molecule has 0 fully saturated rings. The van der Waals surface area contributed by atoms with Crippen LogP contribution in [0.25, 0.3) is 0 Å². The van der Waals surface area contributed by atoms with Crippen LogP contribution in [0.3, 0.4) is 0 Å². The Morgan fingerprint density at radius 1 is 1.67 bits per heavy atom. The van der Waals surface area contributed by atoms with E-state index in [1.54, 1.807) is 0 Å². The molecule has 0 aromatic carbocycles. The number of hydrogen-bond donors (Lipinski definition) is 2. The van der Waals surface area contributed by atoms with E-state index in [9.17, 15) is 0 Å². The normalized spacial score (nSPS) is 12.7. The molecule has 0 aliphatic carbocycles. The van der Waals surface area contributed by atoms with Crippen LogP contribution in [-0.2, 0) is 11.8 Å². The molecule has 102 valence electrons. The fourth-order valence-corrected chi connectivity index (χ4v) is 1.83. The molecule has 5 heteroatoms. The highest BCUT2D eigenvalue weighted by molar-refractivity contribution is 5.20. The topological polar surface area (TPSA) is 65.1 Å². The molecule has 1 aromatic heterocycles. The highest BCUT2D eigenvalue weighted by Gasteiger charge is 2.13. The highest BCUT2D eigenvalue weighted by Crippen LogP contribution is 2.14. The van der Waals surface area contributed by atoms with Crippen molar-refractivity contribution in [3.63, 3.8) is 0 Å². The van der Waals surface area contributed by atoms with Gasteiger partial charge in [-0.3, -0.25) is 4.68 Å². The van der Waals surface area contributed by atoms with Crippen LogP contribution in [0.15, 0.2) is 18.3 Å². The summed E-state index contributed by atoms with van der Waals surface area (Å²) >= 11 is 0. The van der Waals surface area contributed by atoms with Crippen molar-refractivity contribution in [3.8, 4) is 0 Å². The molecule has 18 heavy (non-hydrogen) atoms. The van der Waals surface area contributed by atoms with Gasteiger partial charge < -0.3 is 15.8 Å². The van der Waals surface area contributed by atoms with Crippen LogP contribution in [0.4, 0.5) is 0 Å². The van der Waals surface area contributed by atoms with Gasteiger partial charge in [-0.25, -0.2) is 0 Å². The number of nitrogens with two attached hydrogens (primary N) is 1. The minimum Gasteiger partial charge on any atom is -0.376 e. The molecule has 3 N–H and O–H groups in total. The van der Waals surface area contributed by atoms with Crippen molar-refractivity contribution in [1.29, 1.82) is 0 Å². The van der Waals surface area contributed by atoms with Gasteiger partial charge in [-0.05, 0) is 13.8 Å². The quantitative estimate of drug-likeness (QED) is 0.533. The lowest BCUT2D eigenvalue weighted by atomic mass is 10.1. The summed E-state index contributed by atoms with van der Waals surface area (Å²) in [5.41, 5.74) is 9.00. The molecule has 1 unspecified atom stereocenters. The van der Waals surface area contributed by atoms with Crippen molar-refractivity contribution in [1.82, 2.24) is 15.1 Å². The third-order valence-corrected chi connectivity index (χ3v) is 2.65. The number of aryl methyl sites for hydroxylation is 2. The number of nitrogens with zero attached hydrogens (tertiary/aromatic N) is 2. The Balaban J connectivity index is 2.38. The summed E-state index contributed by atoms with van der Waals surface area (Å²) in [7, 11) is 1.92. The number of rotatable bonds is 8. The van der Waals surface area contributed by atoms with Gasteiger partial charge in [0.05, 0.1) is 18.9 Å². The molecule has 1 heterocycles. The van der Waals surface area contributed by atoms with E-state index < -0.39 is 0 Å². The van der Waals surface area contributed by atoms with E-state index in [1.807, 2.05) is 31.8 Å². The second kappa shape index (κ2) is 7.31. The van der Waals surface area contributed by atoms with Crippen LogP contribution in [-0.4, -0.2) is 36.1 Å². The number of ether oxygens (including phenoxy) is 1. The standard InChI is InChI=1S/C13H24N4O/c1-10(2)9-18-6-5-15-13(7-14)12-8-17(4)16-11(12)3/h8,13,15H,1,5-7,9,14H2,2-4H3. The smallest absolute Gasteiger partial charge is 0.0672 e.